The summed E-state index contributed by atoms with van der Waals surface area (Å²) in [6.45, 7) is 0. The Morgan fingerprint density at radius 3 is 2.35 bits per heavy atom. The highest BCUT2D eigenvalue weighted by molar-refractivity contribution is 5.38. The number of halogens is 3. The van der Waals surface area contributed by atoms with Crippen LogP contribution in [0.5, 0.6) is 5.75 Å². The maximum atomic E-state index is 12.4. The molecule has 0 radical (unpaired) electrons. The van der Waals surface area contributed by atoms with E-state index in [1.54, 1.807) is 12.1 Å². The van der Waals surface area contributed by atoms with Gasteiger partial charge in [0.15, 0.2) is 5.82 Å². The molecular formula is C12H11F3N4O. The second kappa shape index (κ2) is 5.85. The van der Waals surface area contributed by atoms with E-state index >= 15 is 0 Å². The average molecular weight is 284 g/mol. The number of nitrogens with zero attached hydrogens (tertiary/aromatic N) is 2. The third-order valence-corrected chi connectivity index (χ3v) is 2.47. The van der Waals surface area contributed by atoms with Gasteiger partial charge in [-0.05, 0) is 12.1 Å². The summed E-state index contributed by atoms with van der Waals surface area (Å²) in [6, 6.07) is 6.46. The first kappa shape index (κ1) is 14.2. The summed E-state index contributed by atoms with van der Waals surface area (Å²) < 4.78 is 41.1. The number of nitrogens with two attached hydrogens (primary N) is 1. The van der Waals surface area contributed by atoms with Crippen molar-refractivity contribution in [3.8, 4) is 5.75 Å². The molecule has 0 aliphatic heterocycles. The van der Waals surface area contributed by atoms with Crippen LogP contribution >= 0.6 is 0 Å². The van der Waals surface area contributed by atoms with E-state index in [1.165, 1.54) is 30.6 Å². The van der Waals surface area contributed by atoms with Crippen molar-refractivity contribution in [2.24, 2.45) is 5.84 Å². The van der Waals surface area contributed by atoms with Gasteiger partial charge in [-0.25, -0.2) is 15.4 Å². The van der Waals surface area contributed by atoms with Crippen LogP contribution < -0.4 is 16.0 Å². The predicted molar refractivity (Wildman–Crippen MR) is 64.3 cm³/mol. The summed E-state index contributed by atoms with van der Waals surface area (Å²) in [7, 11) is 0. The number of para-hydroxylation sites is 1. The number of hydrazine groups is 1. The predicted octanol–water partition coefficient (Wildman–Crippen LogP) is 1.93. The van der Waals surface area contributed by atoms with E-state index in [9.17, 15) is 13.2 Å². The first-order valence-electron chi connectivity index (χ1n) is 5.59. The zero-order valence-corrected chi connectivity index (χ0v) is 10.1. The lowest BCUT2D eigenvalue weighted by molar-refractivity contribution is -0.275. The van der Waals surface area contributed by atoms with Crippen molar-refractivity contribution >= 4 is 0 Å². The van der Waals surface area contributed by atoms with Crippen LogP contribution in [0.2, 0.25) is 0 Å². The molecule has 0 saturated carbocycles. The number of aromatic nitrogens is 2. The van der Waals surface area contributed by atoms with Gasteiger partial charge in [-0.3, -0.25) is 5.84 Å². The van der Waals surface area contributed by atoms with E-state index in [1.807, 2.05) is 0 Å². The highest BCUT2D eigenvalue weighted by Gasteiger charge is 2.33. The van der Waals surface area contributed by atoms with Crippen LogP contribution in [-0.4, -0.2) is 16.3 Å². The molecule has 0 bridgehead atoms. The van der Waals surface area contributed by atoms with E-state index in [2.05, 4.69) is 20.1 Å². The molecule has 8 heteroatoms. The first-order valence-corrected chi connectivity index (χ1v) is 5.59. The first-order chi connectivity index (χ1) is 9.51. The van der Waals surface area contributed by atoms with Crippen molar-refractivity contribution < 1.29 is 17.9 Å². The van der Waals surface area contributed by atoms with Crippen molar-refractivity contribution in [3.63, 3.8) is 0 Å². The zero-order chi connectivity index (χ0) is 14.6. The molecule has 0 saturated heterocycles. The Morgan fingerprint density at radius 1 is 1.10 bits per heavy atom. The van der Waals surface area contributed by atoms with Crippen LogP contribution in [0.1, 0.15) is 17.4 Å². The van der Waals surface area contributed by atoms with Gasteiger partial charge >= 0.3 is 6.36 Å². The topological polar surface area (TPSA) is 73.1 Å². The number of hydrogen-bond donors (Lipinski definition) is 2. The molecule has 20 heavy (non-hydrogen) atoms. The number of alkyl halides is 3. The highest BCUT2D eigenvalue weighted by atomic mass is 19.4. The molecular weight excluding hydrogens is 273 g/mol. The minimum atomic E-state index is -4.78. The molecule has 1 aromatic carbocycles. The van der Waals surface area contributed by atoms with Gasteiger partial charge < -0.3 is 4.74 Å². The Kier molecular flexibility index (Phi) is 4.16. The van der Waals surface area contributed by atoms with Gasteiger partial charge in [0.25, 0.3) is 0 Å². The number of nitrogens with one attached hydrogen (secondary N) is 1. The van der Waals surface area contributed by atoms with Gasteiger partial charge in [0.05, 0.1) is 0 Å². The summed E-state index contributed by atoms with van der Waals surface area (Å²) in [4.78, 5) is 7.95. The molecule has 2 aromatic rings. The van der Waals surface area contributed by atoms with E-state index < -0.39 is 12.4 Å². The van der Waals surface area contributed by atoms with Crippen LogP contribution in [0.4, 0.5) is 13.2 Å². The fourth-order valence-corrected chi connectivity index (χ4v) is 1.70. The fraction of sp³-hybridized carbons (Fsp3) is 0.167. The number of rotatable bonds is 4. The van der Waals surface area contributed by atoms with Crippen molar-refractivity contribution in [2.75, 3.05) is 0 Å². The van der Waals surface area contributed by atoms with Gasteiger partial charge in [-0.1, -0.05) is 18.2 Å². The van der Waals surface area contributed by atoms with Gasteiger partial charge in [0.1, 0.15) is 11.8 Å². The standard InChI is InChI=1S/C12H11F3N4O/c13-12(14,15)20-9-5-2-1-4-8(9)10(19-16)11-17-6-3-7-18-11/h1-7,10,19H,16H2. The van der Waals surface area contributed by atoms with Crippen molar-refractivity contribution in [2.45, 2.75) is 12.4 Å². The lowest BCUT2D eigenvalue weighted by atomic mass is 10.1. The molecule has 0 spiro atoms. The Hall–Kier alpha value is -2.19. The molecule has 0 aliphatic rings. The summed E-state index contributed by atoms with van der Waals surface area (Å²) in [5.41, 5.74) is 2.58. The number of ether oxygens (including phenoxy) is 1. The second-order valence-electron chi connectivity index (χ2n) is 3.79. The Balaban J connectivity index is 2.40. The maximum Gasteiger partial charge on any atom is 0.573 e. The van der Waals surface area contributed by atoms with Crippen LogP contribution in [0, 0.1) is 0 Å². The Labute approximate surface area is 112 Å². The van der Waals surface area contributed by atoms with Gasteiger partial charge in [0.2, 0.25) is 0 Å². The maximum absolute atomic E-state index is 12.4. The Bertz CT molecular complexity index is 562. The molecule has 1 atom stereocenters. The van der Waals surface area contributed by atoms with Crippen molar-refractivity contribution in [3.05, 3.63) is 54.1 Å². The van der Waals surface area contributed by atoms with E-state index in [4.69, 9.17) is 5.84 Å². The third-order valence-electron chi connectivity index (χ3n) is 2.47. The smallest absolute Gasteiger partial charge is 0.405 e. The molecule has 0 amide bonds. The monoisotopic (exact) mass is 284 g/mol. The minimum absolute atomic E-state index is 0.193. The molecule has 0 aliphatic carbocycles. The highest BCUT2D eigenvalue weighted by Crippen LogP contribution is 2.31. The normalized spacial score (nSPS) is 13.0. The van der Waals surface area contributed by atoms with E-state index in [0.29, 0.717) is 0 Å². The minimum Gasteiger partial charge on any atom is -0.405 e. The largest absolute Gasteiger partial charge is 0.573 e. The lowest BCUT2D eigenvalue weighted by Crippen LogP contribution is -2.31. The van der Waals surface area contributed by atoms with Crippen LogP contribution in [0.3, 0.4) is 0 Å². The average Bonchev–Trinajstić information content (AvgIpc) is 2.41. The van der Waals surface area contributed by atoms with Crippen molar-refractivity contribution in [1.29, 1.82) is 0 Å². The van der Waals surface area contributed by atoms with Crippen LogP contribution in [0.15, 0.2) is 42.7 Å². The third kappa shape index (κ3) is 3.43. The zero-order valence-electron chi connectivity index (χ0n) is 10.1. The molecule has 106 valence electrons. The SMILES string of the molecule is NNC(c1ncccn1)c1ccccc1OC(F)(F)F. The molecule has 3 N–H and O–H groups in total. The van der Waals surface area contributed by atoms with Gasteiger partial charge in [0, 0.05) is 18.0 Å². The van der Waals surface area contributed by atoms with E-state index in [0.717, 1.165) is 0 Å². The molecule has 0 fully saturated rings. The summed E-state index contributed by atoms with van der Waals surface area (Å²) >= 11 is 0. The molecule has 5 nitrogen and oxygen atoms in total. The molecule has 2 rings (SSSR count). The fourth-order valence-electron chi connectivity index (χ4n) is 1.70. The summed E-state index contributed by atoms with van der Waals surface area (Å²) in [5.74, 6) is 5.29. The number of benzene rings is 1. The molecule has 1 unspecified atom stereocenters. The van der Waals surface area contributed by atoms with Crippen LogP contribution in [-0.2, 0) is 0 Å². The lowest BCUT2D eigenvalue weighted by Gasteiger charge is -2.19. The van der Waals surface area contributed by atoms with Crippen molar-refractivity contribution in [1.82, 2.24) is 15.4 Å². The second-order valence-corrected chi connectivity index (χ2v) is 3.79. The summed E-state index contributed by atoms with van der Waals surface area (Å²) in [6.07, 6.45) is -1.84. The van der Waals surface area contributed by atoms with E-state index in [-0.39, 0.29) is 17.1 Å². The summed E-state index contributed by atoms with van der Waals surface area (Å²) in [5, 5.41) is 0. The van der Waals surface area contributed by atoms with Gasteiger partial charge in [-0.15, -0.1) is 13.2 Å². The van der Waals surface area contributed by atoms with Gasteiger partial charge in [-0.2, -0.15) is 0 Å². The van der Waals surface area contributed by atoms with Crippen LogP contribution in [0.25, 0.3) is 0 Å². The number of hydrogen-bond acceptors (Lipinski definition) is 5. The molecule has 1 heterocycles. The Morgan fingerprint density at radius 2 is 1.75 bits per heavy atom. The molecule has 1 aromatic heterocycles. The quantitative estimate of drug-likeness (QED) is 0.663.